The van der Waals surface area contributed by atoms with Gasteiger partial charge in [-0.1, -0.05) is 6.07 Å². The number of nitro groups is 1. The predicted molar refractivity (Wildman–Crippen MR) is 42.4 cm³/mol. The van der Waals surface area contributed by atoms with Gasteiger partial charge in [-0.3, -0.25) is 15.5 Å². The molecule has 11 heavy (non-hydrogen) atoms. The molecule has 0 atom stereocenters. The summed E-state index contributed by atoms with van der Waals surface area (Å²) in [5, 5.41) is 18.6. The molecule has 0 amide bonds. The van der Waals surface area contributed by atoms with E-state index in [2.05, 4.69) is 0 Å². The zero-order chi connectivity index (χ0) is 8.27. The third kappa shape index (κ3) is 1.52. The Labute approximate surface area is 66.5 Å². The van der Waals surface area contributed by atoms with E-state index in [9.17, 15) is 10.1 Å². The summed E-state index contributed by atoms with van der Waals surface area (Å²) in [6, 6.07) is 3.28. The van der Waals surface area contributed by atoms with E-state index in [1.54, 1.807) is 23.4 Å². The summed E-state index contributed by atoms with van der Waals surface area (Å²) in [4.78, 5) is 10.1. The Balaban J connectivity index is 3.09. The van der Waals surface area contributed by atoms with Crippen molar-refractivity contribution in [2.45, 2.75) is 0 Å². The average molecular weight is 168 g/mol. The van der Waals surface area contributed by atoms with E-state index >= 15 is 0 Å². The van der Waals surface area contributed by atoms with Crippen LogP contribution in [0.25, 0.3) is 5.70 Å². The number of nitrogens with one attached hydrogen (secondary N) is 1. The molecule has 0 fully saturated rings. The summed E-state index contributed by atoms with van der Waals surface area (Å²) in [6.07, 6.45) is 0. The molecule has 1 N–H and O–H groups in total. The highest BCUT2D eigenvalue weighted by Gasteiger charge is 2.13. The van der Waals surface area contributed by atoms with Crippen molar-refractivity contribution in [3.05, 3.63) is 32.5 Å². The Morgan fingerprint density at radius 3 is 2.91 bits per heavy atom. The highest BCUT2D eigenvalue weighted by Crippen LogP contribution is 2.17. The van der Waals surface area contributed by atoms with E-state index in [0.717, 1.165) is 0 Å². The minimum atomic E-state index is -0.612. The predicted octanol–water partition coefficient (Wildman–Crippen LogP) is 1.61. The number of rotatable bonds is 2. The standard InChI is InChI=1S/C6H4N2O2S/c7-4-5(8(9)10)6-2-1-3-11-6/h1-3,7H. The van der Waals surface area contributed by atoms with E-state index in [4.69, 9.17) is 5.41 Å². The van der Waals surface area contributed by atoms with Crippen LogP contribution in [-0.2, 0) is 0 Å². The number of nitrogens with zero attached hydrogens (tertiary/aromatic N) is 1. The third-order valence-electron chi connectivity index (χ3n) is 1.06. The zero-order valence-electron chi connectivity index (χ0n) is 5.40. The molecule has 0 aliphatic heterocycles. The molecule has 5 heteroatoms. The van der Waals surface area contributed by atoms with Crippen LogP contribution in [0.3, 0.4) is 0 Å². The highest BCUT2D eigenvalue weighted by molar-refractivity contribution is 7.11. The quantitative estimate of drug-likeness (QED) is 0.414. The molecule has 0 aromatic carbocycles. The average Bonchev–Trinajstić information content (AvgIpc) is 2.40. The fraction of sp³-hybridized carbons (Fsp3) is 0. The molecule has 1 aromatic heterocycles. The van der Waals surface area contributed by atoms with Gasteiger partial charge in [-0.05, 0) is 11.4 Å². The Morgan fingerprint density at radius 1 is 1.82 bits per heavy atom. The monoisotopic (exact) mass is 168 g/mol. The smallest absolute Gasteiger partial charge is 0.258 e. The van der Waals surface area contributed by atoms with Crippen LogP contribution in [-0.4, -0.2) is 10.8 Å². The summed E-state index contributed by atoms with van der Waals surface area (Å²) in [5.41, 5.74) is -0.278. The Bertz CT molecular complexity index is 311. The van der Waals surface area contributed by atoms with Crippen LogP contribution < -0.4 is 0 Å². The van der Waals surface area contributed by atoms with E-state index in [1.807, 2.05) is 0 Å². The van der Waals surface area contributed by atoms with Crippen molar-refractivity contribution in [2.24, 2.45) is 0 Å². The van der Waals surface area contributed by atoms with Gasteiger partial charge in [0.2, 0.25) is 0 Å². The van der Waals surface area contributed by atoms with Crippen molar-refractivity contribution >= 4 is 22.9 Å². The van der Waals surface area contributed by atoms with E-state index in [-0.39, 0.29) is 5.70 Å². The maximum Gasteiger partial charge on any atom is 0.346 e. The van der Waals surface area contributed by atoms with Crippen LogP contribution in [0.15, 0.2) is 17.5 Å². The van der Waals surface area contributed by atoms with Gasteiger partial charge in [0.1, 0.15) is 4.88 Å². The van der Waals surface area contributed by atoms with E-state index < -0.39 is 4.92 Å². The summed E-state index contributed by atoms with van der Waals surface area (Å²) in [7, 11) is 0. The fourth-order valence-corrected chi connectivity index (χ4v) is 1.31. The highest BCUT2D eigenvalue weighted by atomic mass is 32.1. The van der Waals surface area contributed by atoms with Crippen LogP contribution in [0.4, 0.5) is 0 Å². The molecule has 0 aliphatic carbocycles. The topological polar surface area (TPSA) is 67.0 Å². The minimum Gasteiger partial charge on any atom is -0.258 e. The second-order valence-corrected chi connectivity index (χ2v) is 2.66. The van der Waals surface area contributed by atoms with Crippen LogP contribution in [0, 0.1) is 15.5 Å². The van der Waals surface area contributed by atoms with Gasteiger partial charge in [-0.2, -0.15) is 0 Å². The number of hydrogen-bond donors (Lipinski definition) is 1. The van der Waals surface area contributed by atoms with Crippen LogP contribution in [0.1, 0.15) is 4.88 Å². The molecule has 56 valence electrons. The molecule has 0 saturated carbocycles. The molecule has 0 unspecified atom stereocenters. The van der Waals surface area contributed by atoms with Crippen molar-refractivity contribution in [1.82, 2.24) is 0 Å². The SMILES string of the molecule is N=C=C(c1cccs1)[N+](=O)[O-]. The molecule has 4 nitrogen and oxygen atoms in total. The number of thiophene rings is 1. The molecule has 0 aliphatic rings. The zero-order valence-corrected chi connectivity index (χ0v) is 6.22. The summed E-state index contributed by atoms with van der Waals surface area (Å²) in [6.45, 7) is 0. The first kappa shape index (κ1) is 7.65. The lowest BCUT2D eigenvalue weighted by Crippen LogP contribution is -1.95. The van der Waals surface area contributed by atoms with Gasteiger partial charge in [-0.25, -0.2) is 0 Å². The second-order valence-electron chi connectivity index (χ2n) is 1.71. The van der Waals surface area contributed by atoms with Gasteiger partial charge >= 0.3 is 5.70 Å². The van der Waals surface area contributed by atoms with Crippen molar-refractivity contribution < 1.29 is 4.92 Å². The molecular weight excluding hydrogens is 164 g/mol. The normalized spacial score (nSPS) is 8.73. The molecule has 1 aromatic rings. The first-order valence-electron chi connectivity index (χ1n) is 2.73. The Hall–Kier alpha value is -1.45. The molecule has 1 heterocycles. The Morgan fingerprint density at radius 2 is 2.55 bits per heavy atom. The third-order valence-corrected chi connectivity index (χ3v) is 1.93. The molecular formula is C6H4N2O2S. The largest absolute Gasteiger partial charge is 0.346 e. The number of hydrogen-bond acceptors (Lipinski definition) is 4. The van der Waals surface area contributed by atoms with Crippen molar-refractivity contribution in [3.8, 4) is 0 Å². The van der Waals surface area contributed by atoms with Crippen LogP contribution in [0.2, 0.25) is 0 Å². The van der Waals surface area contributed by atoms with Crippen molar-refractivity contribution in [3.63, 3.8) is 0 Å². The molecule has 0 saturated heterocycles. The lowest BCUT2D eigenvalue weighted by molar-refractivity contribution is -0.373. The maximum absolute atomic E-state index is 10.2. The summed E-state index contributed by atoms with van der Waals surface area (Å²) in [5.74, 6) is 1.78. The first-order chi connectivity index (χ1) is 5.25. The molecule has 0 bridgehead atoms. The first-order valence-corrected chi connectivity index (χ1v) is 3.61. The maximum atomic E-state index is 10.2. The van der Waals surface area contributed by atoms with Gasteiger partial charge in [-0.15, -0.1) is 11.3 Å². The molecule has 0 radical (unpaired) electrons. The van der Waals surface area contributed by atoms with Gasteiger partial charge in [0, 0.05) is 0 Å². The van der Waals surface area contributed by atoms with Crippen LogP contribution >= 0.6 is 11.3 Å². The van der Waals surface area contributed by atoms with E-state index in [0.29, 0.717) is 4.88 Å². The molecule has 1 rings (SSSR count). The van der Waals surface area contributed by atoms with Crippen molar-refractivity contribution in [1.29, 1.82) is 5.41 Å². The van der Waals surface area contributed by atoms with Crippen molar-refractivity contribution in [2.75, 3.05) is 0 Å². The van der Waals surface area contributed by atoms with E-state index in [1.165, 1.54) is 11.3 Å². The van der Waals surface area contributed by atoms with Crippen LogP contribution in [0.5, 0.6) is 0 Å². The Kier molecular flexibility index (Phi) is 2.15. The molecule has 0 spiro atoms. The second kappa shape index (κ2) is 3.09. The fourth-order valence-electron chi connectivity index (χ4n) is 0.611. The lowest BCUT2D eigenvalue weighted by Gasteiger charge is -1.86. The van der Waals surface area contributed by atoms with Gasteiger partial charge < -0.3 is 0 Å². The summed E-state index contributed by atoms with van der Waals surface area (Å²) >= 11 is 1.22. The van der Waals surface area contributed by atoms with Gasteiger partial charge in [0.15, 0.2) is 0 Å². The van der Waals surface area contributed by atoms with Gasteiger partial charge in [0.25, 0.3) is 0 Å². The van der Waals surface area contributed by atoms with Gasteiger partial charge in [0.05, 0.1) is 10.8 Å². The lowest BCUT2D eigenvalue weighted by atomic mass is 10.4. The minimum absolute atomic E-state index is 0.278. The summed E-state index contributed by atoms with van der Waals surface area (Å²) < 4.78 is 0.